The van der Waals surface area contributed by atoms with Gasteiger partial charge in [0.15, 0.2) is 0 Å². The van der Waals surface area contributed by atoms with Crippen LogP contribution in [0.2, 0.25) is 0 Å². The van der Waals surface area contributed by atoms with Crippen LogP contribution in [0.4, 0.5) is 11.6 Å². The van der Waals surface area contributed by atoms with Gasteiger partial charge in [0, 0.05) is 30.4 Å². The van der Waals surface area contributed by atoms with Gasteiger partial charge in [-0.1, -0.05) is 12.1 Å². The number of carbonyl (C=O) groups is 1. The smallest absolute Gasteiger partial charge is 0.225 e. The molecule has 9 heteroatoms. The number of benzene rings is 1. The Balaban J connectivity index is 1.36. The number of amides is 1. The van der Waals surface area contributed by atoms with Crippen molar-refractivity contribution < 1.29 is 9.53 Å². The van der Waals surface area contributed by atoms with Crippen molar-refractivity contribution in [3.05, 3.63) is 41.9 Å². The van der Waals surface area contributed by atoms with Gasteiger partial charge < -0.3 is 25.7 Å². The Hall–Kier alpha value is -3.62. The molecular weight excluding hydrogens is 406 g/mol. The predicted octanol–water partition coefficient (Wildman–Crippen LogP) is 2.78. The van der Waals surface area contributed by atoms with Crippen LogP contribution in [0, 0.1) is 11.3 Å². The summed E-state index contributed by atoms with van der Waals surface area (Å²) in [7, 11) is 1.62. The molecule has 166 valence electrons. The van der Waals surface area contributed by atoms with Gasteiger partial charge in [-0.3, -0.25) is 10.2 Å². The highest BCUT2D eigenvalue weighted by molar-refractivity contribution is 6.17. The molecule has 2 fully saturated rings. The number of nitrogen functional groups attached to an aromatic ring is 1. The minimum atomic E-state index is 0.155. The summed E-state index contributed by atoms with van der Waals surface area (Å²) in [5.74, 6) is 2.05. The molecule has 1 saturated heterocycles. The molecule has 1 aliphatic carbocycles. The number of H-pyrrole nitrogens is 1. The van der Waals surface area contributed by atoms with Crippen LogP contribution >= 0.6 is 0 Å². The van der Waals surface area contributed by atoms with E-state index < -0.39 is 0 Å². The van der Waals surface area contributed by atoms with Gasteiger partial charge >= 0.3 is 0 Å². The maximum atomic E-state index is 12.3. The van der Waals surface area contributed by atoms with Gasteiger partial charge in [-0.05, 0) is 37.8 Å². The lowest BCUT2D eigenvalue weighted by molar-refractivity contribution is -0.133. The van der Waals surface area contributed by atoms with Crippen molar-refractivity contribution in [3.63, 3.8) is 0 Å². The highest BCUT2D eigenvalue weighted by Gasteiger charge is 2.35. The second-order valence-electron chi connectivity index (χ2n) is 8.48. The van der Waals surface area contributed by atoms with Gasteiger partial charge in [-0.15, -0.1) is 0 Å². The molecule has 0 bridgehead atoms. The number of likely N-dealkylation sites (tertiary alicyclic amines) is 1. The predicted molar refractivity (Wildman–Crippen MR) is 123 cm³/mol. The number of ether oxygens (including phenoxy) is 1. The molecule has 9 nitrogen and oxygen atoms in total. The summed E-state index contributed by atoms with van der Waals surface area (Å²) in [6, 6.07) is 7.81. The minimum Gasteiger partial charge on any atom is -0.495 e. The first-order valence-electron chi connectivity index (χ1n) is 11.0. The van der Waals surface area contributed by atoms with E-state index in [1.807, 2.05) is 29.2 Å². The standard InChI is InChI=1S/C23H27N7O2/c1-32-17-4-2-3-14-11-16(29-20(14)17)19(24)18-21(25)26-12-27-22(18)28-15-7-9-30(10-8-15)23(31)13-5-6-13/h2-4,11-13,15,24,29H,5-10H2,1H3,(H3,25,26,27,28). The van der Waals surface area contributed by atoms with E-state index in [4.69, 9.17) is 15.9 Å². The van der Waals surface area contributed by atoms with E-state index >= 15 is 0 Å². The molecule has 1 saturated carbocycles. The zero-order valence-electron chi connectivity index (χ0n) is 18.0. The topological polar surface area (TPSA) is 133 Å². The molecule has 5 rings (SSSR count). The number of anilines is 2. The van der Waals surface area contributed by atoms with Crippen LogP contribution in [-0.4, -0.2) is 57.7 Å². The van der Waals surface area contributed by atoms with E-state index in [2.05, 4.69) is 20.3 Å². The number of aromatic amines is 1. The van der Waals surface area contributed by atoms with Gasteiger partial charge in [0.1, 0.15) is 23.7 Å². The molecule has 0 radical (unpaired) electrons. The average Bonchev–Trinajstić information content (AvgIpc) is 3.56. The molecule has 0 atom stereocenters. The Morgan fingerprint density at radius 2 is 2.03 bits per heavy atom. The molecular formula is C23H27N7O2. The van der Waals surface area contributed by atoms with Crippen LogP contribution in [0.25, 0.3) is 10.9 Å². The summed E-state index contributed by atoms with van der Waals surface area (Å²) in [6.45, 7) is 1.48. The minimum absolute atomic E-state index is 0.155. The number of nitrogens with two attached hydrogens (primary N) is 1. The summed E-state index contributed by atoms with van der Waals surface area (Å²) in [6.07, 6.45) is 5.14. The molecule has 32 heavy (non-hydrogen) atoms. The Kier molecular flexibility index (Phi) is 5.16. The number of nitrogens with one attached hydrogen (secondary N) is 3. The van der Waals surface area contributed by atoms with E-state index in [1.165, 1.54) is 6.33 Å². The molecule has 1 aliphatic heterocycles. The fraction of sp³-hybridized carbons (Fsp3) is 0.391. The number of hydrogen-bond acceptors (Lipinski definition) is 7. The van der Waals surface area contributed by atoms with Gasteiger partial charge in [0.05, 0.1) is 29.6 Å². The number of piperidine rings is 1. The van der Waals surface area contributed by atoms with E-state index in [9.17, 15) is 4.79 Å². The molecule has 3 heterocycles. The maximum absolute atomic E-state index is 12.3. The largest absolute Gasteiger partial charge is 0.495 e. The lowest BCUT2D eigenvalue weighted by Gasteiger charge is -2.33. The zero-order chi connectivity index (χ0) is 22.2. The highest BCUT2D eigenvalue weighted by atomic mass is 16.5. The average molecular weight is 434 g/mol. The van der Waals surface area contributed by atoms with E-state index in [0.29, 0.717) is 28.7 Å². The van der Waals surface area contributed by atoms with E-state index in [-0.39, 0.29) is 23.5 Å². The fourth-order valence-corrected chi connectivity index (χ4v) is 4.35. The number of carbonyl (C=O) groups excluding carboxylic acids is 1. The molecule has 5 N–H and O–H groups in total. The van der Waals surface area contributed by atoms with Crippen molar-refractivity contribution in [1.82, 2.24) is 19.9 Å². The highest BCUT2D eigenvalue weighted by Crippen LogP contribution is 2.33. The lowest BCUT2D eigenvalue weighted by Crippen LogP contribution is -2.43. The van der Waals surface area contributed by atoms with Crippen molar-refractivity contribution in [2.24, 2.45) is 5.92 Å². The third-order valence-corrected chi connectivity index (χ3v) is 6.31. The van der Waals surface area contributed by atoms with Crippen molar-refractivity contribution in [1.29, 1.82) is 5.41 Å². The molecule has 0 spiro atoms. The van der Waals surface area contributed by atoms with Crippen LogP contribution in [-0.2, 0) is 4.79 Å². The van der Waals surface area contributed by atoms with Crippen molar-refractivity contribution in [2.45, 2.75) is 31.7 Å². The fourth-order valence-electron chi connectivity index (χ4n) is 4.35. The second-order valence-corrected chi connectivity index (χ2v) is 8.48. The number of para-hydroxylation sites is 1. The third-order valence-electron chi connectivity index (χ3n) is 6.31. The molecule has 3 aromatic rings. The Morgan fingerprint density at radius 3 is 2.75 bits per heavy atom. The van der Waals surface area contributed by atoms with Crippen molar-refractivity contribution in [3.8, 4) is 5.75 Å². The summed E-state index contributed by atoms with van der Waals surface area (Å²) in [5.41, 5.74) is 8.31. The van der Waals surface area contributed by atoms with Gasteiger partial charge in [0.25, 0.3) is 0 Å². The Labute approximate surface area is 185 Å². The summed E-state index contributed by atoms with van der Waals surface area (Å²) < 4.78 is 5.43. The summed E-state index contributed by atoms with van der Waals surface area (Å²) in [5, 5.41) is 13.2. The van der Waals surface area contributed by atoms with Crippen LogP contribution in [0.3, 0.4) is 0 Å². The van der Waals surface area contributed by atoms with Crippen LogP contribution in [0.15, 0.2) is 30.6 Å². The lowest BCUT2D eigenvalue weighted by atomic mass is 10.0. The first kappa shape index (κ1) is 20.3. The number of rotatable bonds is 6. The van der Waals surface area contributed by atoms with Gasteiger partial charge in [-0.25, -0.2) is 9.97 Å². The number of hydrogen-bond donors (Lipinski definition) is 4. The molecule has 1 aromatic carbocycles. The Morgan fingerprint density at radius 1 is 1.25 bits per heavy atom. The first-order chi connectivity index (χ1) is 15.5. The number of nitrogens with zero attached hydrogens (tertiary/aromatic N) is 3. The quantitative estimate of drug-likeness (QED) is 0.442. The SMILES string of the molecule is COc1cccc2cc(C(=N)c3c(N)ncnc3NC3CCN(C(=O)C4CC4)CC3)[nH]c12. The second kappa shape index (κ2) is 8.14. The zero-order valence-corrected chi connectivity index (χ0v) is 18.0. The molecule has 2 aromatic heterocycles. The van der Waals surface area contributed by atoms with Crippen LogP contribution < -0.4 is 15.8 Å². The number of methoxy groups -OCH3 is 1. The number of aromatic nitrogens is 3. The first-order valence-corrected chi connectivity index (χ1v) is 11.0. The van der Waals surface area contributed by atoms with Crippen molar-refractivity contribution >= 4 is 34.2 Å². The summed E-state index contributed by atoms with van der Waals surface area (Å²) >= 11 is 0. The van der Waals surface area contributed by atoms with Crippen LogP contribution in [0.1, 0.15) is 36.9 Å². The molecule has 2 aliphatic rings. The van der Waals surface area contributed by atoms with Crippen molar-refractivity contribution in [2.75, 3.05) is 31.2 Å². The number of fused-ring (bicyclic) bond motifs is 1. The monoisotopic (exact) mass is 433 g/mol. The van der Waals surface area contributed by atoms with Gasteiger partial charge in [-0.2, -0.15) is 0 Å². The normalized spacial score (nSPS) is 16.8. The molecule has 0 unspecified atom stereocenters. The van der Waals surface area contributed by atoms with Gasteiger partial charge in [0.2, 0.25) is 5.91 Å². The molecule has 1 amide bonds. The Bertz CT molecular complexity index is 1180. The summed E-state index contributed by atoms with van der Waals surface area (Å²) in [4.78, 5) is 26.1. The van der Waals surface area contributed by atoms with E-state index in [1.54, 1.807) is 7.11 Å². The third kappa shape index (κ3) is 3.74. The van der Waals surface area contributed by atoms with Crippen LogP contribution in [0.5, 0.6) is 5.75 Å². The van der Waals surface area contributed by atoms with E-state index in [0.717, 1.165) is 49.7 Å². The maximum Gasteiger partial charge on any atom is 0.225 e.